The molecule has 3 aromatic rings. The highest BCUT2D eigenvalue weighted by Crippen LogP contribution is 2.36. The molecule has 0 aliphatic carbocycles. The maximum Gasteiger partial charge on any atom is 0.224 e. The number of nitrogens with zero attached hydrogens (tertiary/aromatic N) is 3. The zero-order chi connectivity index (χ0) is 13.4. The van der Waals surface area contributed by atoms with Crippen molar-refractivity contribution in [2.45, 2.75) is 23.2 Å². The molecule has 0 spiro atoms. The Hall–Kier alpha value is -1.18. The van der Waals surface area contributed by atoms with E-state index < -0.39 is 0 Å². The largest absolute Gasteiger partial charge is 0.357 e. The first-order chi connectivity index (χ1) is 9.15. The van der Waals surface area contributed by atoms with Crippen molar-refractivity contribution in [2.75, 3.05) is 12.4 Å². The zero-order valence-electron chi connectivity index (χ0n) is 10.7. The van der Waals surface area contributed by atoms with Crippen LogP contribution in [0.15, 0.2) is 20.8 Å². The summed E-state index contributed by atoms with van der Waals surface area (Å²) in [4.78, 5) is 15.8. The molecule has 98 valence electrons. The molecule has 0 saturated heterocycles. The van der Waals surface area contributed by atoms with E-state index in [0.717, 1.165) is 25.3 Å². The van der Waals surface area contributed by atoms with Crippen LogP contribution in [0.2, 0.25) is 0 Å². The predicted molar refractivity (Wildman–Crippen MR) is 82.7 cm³/mol. The summed E-state index contributed by atoms with van der Waals surface area (Å²) in [5.74, 6) is 0.658. The Morgan fingerprint density at radius 1 is 1.21 bits per heavy atom. The molecule has 0 aliphatic rings. The average Bonchev–Trinajstić information content (AvgIpc) is 2.94. The summed E-state index contributed by atoms with van der Waals surface area (Å²) in [7, 11) is 1.84. The number of anilines is 1. The Balaban J connectivity index is 2.09. The molecular formula is C12H12N4S3. The van der Waals surface area contributed by atoms with Gasteiger partial charge in [0.25, 0.3) is 0 Å². The number of hydrogen-bond donors (Lipinski definition) is 1. The standard InChI is InChI=1S/C12H12N4S3/c1-6-5-17-12(14-6)19-10-8-4-7(2)18-9(8)15-11(13-3)16-10/h4-5H,1-3H3,(H,13,15,16). The fourth-order valence-corrected chi connectivity index (χ4v) is 4.46. The lowest BCUT2D eigenvalue weighted by Crippen LogP contribution is -1.96. The van der Waals surface area contributed by atoms with Crippen LogP contribution in [0, 0.1) is 13.8 Å². The van der Waals surface area contributed by atoms with Crippen molar-refractivity contribution in [3.63, 3.8) is 0 Å². The molecule has 3 heterocycles. The van der Waals surface area contributed by atoms with Crippen molar-refractivity contribution in [1.29, 1.82) is 0 Å². The molecule has 0 bridgehead atoms. The van der Waals surface area contributed by atoms with Crippen molar-refractivity contribution in [3.8, 4) is 0 Å². The minimum absolute atomic E-state index is 0.658. The second-order valence-electron chi connectivity index (χ2n) is 4.04. The van der Waals surface area contributed by atoms with E-state index in [9.17, 15) is 0 Å². The van der Waals surface area contributed by atoms with E-state index in [2.05, 4.69) is 38.6 Å². The number of thiazole rings is 1. The highest BCUT2D eigenvalue weighted by Gasteiger charge is 2.12. The van der Waals surface area contributed by atoms with Crippen LogP contribution >= 0.6 is 34.4 Å². The average molecular weight is 308 g/mol. The van der Waals surface area contributed by atoms with Gasteiger partial charge in [0.1, 0.15) is 9.86 Å². The van der Waals surface area contributed by atoms with Gasteiger partial charge in [-0.25, -0.2) is 15.0 Å². The number of nitrogens with one attached hydrogen (secondary N) is 1. The summed E-state index contributed by atoms with van der Waals surface area (Å²) in [6, 6.07) is 2.14. The van der Waals surface area contributed by atoms with Gasteiger partial charge in [0.05, 0.1) is 0 Å². The minimum Gasteiger partial charge on any atom is -0.357 e. The summed E-state index contributed by atoms with van der Waals surface area (Å²) in [6.07, 6.45) is 0. The first kappa shape index (κ1) is 12.8. The quantitative estimate of drug-likeness (QED) is 0.742. The van der Waals surface area contributed by atoms with Gasteiger partial charge in [0, 0.05) is 28.4 Å². The minimum atomic E-state index is 0.658. The maximum atomic E-state index is 4.55. The Labute approximate surface area is 123 Å². The van der Waals surface area contributed by atoms with Crippen molar-refractivity contribution in [3.05, 3.63) is 22.0 Å². The molecule has 1 N–H and O–H groups in total. The SMILES string of the molecule is CNc1nc(Sc2nc(C)cs2)c2cc(C)sc2n1. The summed E-state index contributed by atoms with van der Waals surface area (Å²) < 4.78 is 1.02. The molecule has 0 saturated carbocycles. The van der Waals surface area contributed by atoms with E-state index in [4.69, 9.17) is 0 Å². The summed E-state index contributed by atoms with van der Waals surface area (Å²) in [6.45, 7) is 4.09. The number of fused-ring (bicyclic) bond motifs is 1. The number of hydrogen-bond acceptors (Lipinski definition) is 7. The molecule has 4 nitrogen and oxygen atoms in total. The highest BCUT2D eigenvalue weighted by atomic mass is 32.2. The number of aromatic nitrogens is 3. The van der Waals surface area contributed by atoms with E-state index in [0.29, 0.717) is 5.95 Å². The lowest BCUT2D eigenvalue weighted by Gasteiger charge is -2.03. The van der Waals surface area contributed by atoms with Crippen LogP contribution in [-0.4, -0.2) is 22.0 Å². The number of rotatable bonds is 3. The molecular weight excluding hydrogens is 296 g/mol. The molecule has 0 amide bonds. The van der Waals surface area contributed by atoms with E-state index in [1.165, 1.54) is 4.88 Å². The van der Waals surface area contributed by atoms with Gasteiger partial charge in [0.15, 0.2) is 4.34 Å². The predicted octanol–water partition coefficient (Wildman–Crippen LogP) is 3.96. The Morgan fingerprint density at radius 2 is 2.05 bits per heavy atom. The maximum absolute atomic E-state index is 4.55. The van der Waals surface area contributed by atoms with Crippen molar-refractivity contribution < 1.29 is 0 Å². The van der Waals surface area contributed by atoms with Crippen molar-refractivity contribution in [1.82, 2.24) is 15.0 Å². The number of thiophene rings is 1. The smallest absolute Gasteiger partial charge is 0.224 e. The third kappa shape index (κ3) is 2.58. The Bertz CT molecular complexity index is 732. The molecule has 7 heteroatoms. The zero-order valence-corrected chi connectivity index (χ0v) is 13.2. The lowest BCUT2D eigenvalue weighted by atomic mass is 10.4. The van der Waals surface area contributed by atoms with Gasteiger partial charge in [-0.2, -0.15) is 0 Å². The summed E-state index contributed by atoms with van der Waals surface area (Å²) in [5.41, 5.74) is 1.05. The number of aryl methyl sites for hydroxylation is 2. The molecule has 0 radical (unpaired) electrons. The molecule has 0 unspecified atom stereocenters. The van der Waals surface area contributed by atoms with E-state index in [-0.39, 0.29) is 0 Å². The Morgan fingerprint density at radius 3 is 2.74 bits per heavy atom. The van der Waals surface area contributed by atoms with Crippen molar-refractivity contribution >= 4 is 50.6 Å². The second kappa shape index (κ2) is 5.07. The van der Waals surface area contributed by atoms with Crippen LogP contribution < -0.4 is 5.32 Å². The van der Waals surface area contributed by atoms with Crippen LogP contribution in [0.1, 0.15) is 10.6 Å². The van der Waals surface area contributed by atoms with E-state index in [1.807, 2.05) is 14.0 Å². The first-order valence-corrected chi connectivity index (χ1v) is 8.23. The van der Waals surface area contributed by atoms with Crippen LogP contribution in [-0.2, 0) is 0 Å². The van der Waals surface area contributed by atoms with Crippen LogP contribution in [0.3, 0.4) is 0 Å². The van der Waals surface area contributed by atoms with Gasteiger partial charge >= 0.3 is 0 Å². The van der Waals surface area contributed by atoms with Crippen LogP contribution in [0.4, 0.5) is 5.95 Å². The fraction of sp³-hybridized carbons (Fsp3) is 0.250. The van der Waals surface area contributed by atoms with Gasteiger partial charge in [-0.15, -0.1) is 22.7 Å². The summed E-state index contributed by atoms with van der Waals surface area (Å²) >= 11 is 4.94. The van der Waals surface area contributed by atoms with Gasteiger partial charge < -0.3 is 5.32 Å². The van der Waals surface area contributed by atoms with Crippen LogP contribution in [0.25, 0.3) is 10.2 Å². The van der Waals surface area contributed by atoms with E-state index in [1.54, 1.807) is 34.4 Å². The van der Waals surface area contributed by atoms with Gasteiger partial charge in [-0.05, 0) is 31.7 Å². The lowest BCUT2D eigenvalue weighted by molar-refractivity contribution is 1.09. The topological polar surface area (TPSA) is 50.7 Å². The monoisotopic (exact) mass is 308 g/mol. The van der Waals surface area contributed by atoms with Crippen molar-refractivity contribution in [2.24, 2.45) is 0 Å². The van der Waals surface area contributed by atoms with Gasteiger partial charge in [0.2, 0.25) is 5.95 Å². The third-order valence-electron chi connectivity index (χ3n) is 2.49. The fourth-order valence-electron chi connectivity index (χ4n) is 1.67. The molecule has 0 atom stereocenters. The molecule has 0 aliphatic heterocycles. The second-order valence-corrected chi connectivity index (χ2v) is 7.36. The molecule has 3 aromatic heterocycles. The van der Waals surface area contributed by atoms with E-state index >= 15 is 0 Å². The molecule has 3 rings (SSSR count). The van der Waals surface area contributed by atoms with Gasteiger partial charge in [-0.3, -0.25) is 0 Å². The molecule has 19 heavy (non-hydrogen) atoms. The summed E-state index contributed by atoms with van der Waals surface area (Å²) in [5, 5.41) is 7.14. The Kier molecular flexibility index (Phi) is 3.42. The van der Waals surface area contributed by atoms with Crippen LogP contribution in [0.5, 0.6) is 0 Å². The molecule has 0 fully saturated rings. The molecule has 0 aromatic carbocycles. The highest BCUT2D eigenvalue weighted by molar-refractivity contribution is 8.01. The van der Waals surface area contributed by atoms with Gasteiger partial charge in [-0.1, -0.05) is 0 Å². The normalized spacial score (nSPS) is 11.1. The first-order valence-electron chi connectivity index (χ1n) is 5.71. The third-order valence-corrected chi connectivity index (χ3v) is 5.49.